The Morgan fingerprint density at radius 2 is 2.00 bits per heavy atom. The fourth-order valence-corrected chi connectivity index (χ4v) is 1.17. The van der Waals surface area contributed by atoms with Crippen molar-refractivity contribution in [3.63, 3.8) is 0 Å². The maximum absolute atomic E-state index is 10.1. The Hall–Kier alpha value is -0.900. The van der Waals surface area contributed by atoms with Gasteiger partial charge in [-0.25, -0.2) is 5.11 Å². The summed E-state index contributed by atoms with van der Waals surface area (Å²) in [7, 11) is 0. The van der Waals surface area contributed by atoms with Crippen molar-refractivity contribution in [2.75, 3.05) is 19.8 Å². The highest BCUT2D eigenvalue weighted by Gasteiger charge is 2.02. The molecule has 1 aromatic rings. The molecular formula is C12H17O3. The van der Waals surface area contributed by atoms with Crippen LogP contribution in [0.4, 0.5) is 0 Å². The third kappa shape index (κ3) is 5.52. The number of hydrogen-bond donors (Lipinski definition) is 0. The van der Waals surface area contributed by atoms with Gasteiger partial charge in [-0.1, -0.05) is 30.3 Å². The molecule has 0 N–H and O–H groups in total. The fourth-order valence-electron chi connectivity index (χ4n) is 1.17. The molecule has 0 aliphatic carbocycles. The second-order valence-corrected chi connectivity index (χ2v) is 3.39. The molecule has 0 aromatic heterocycles. The summed E-state index contributed by atoms with van der Waals surface area (Å²) in [6.45, 7) is 3.08. The molecule has 1 radical (unpaired) electrons. The van der Waals surface area contributed by atoms with Crippen molar-refractivity contribution < 1.29 is 14.6 Å². The Labute approximate surface area is 90.6 Å². The van der Waals surface area contributed by atoms with Crippen molar-refractivity contribution in [3.8, 4) is 0 Å². The molecule has 15 heavy (non-hydrogen) atoms. The molecule has 0 spiro atoms. The quantitative estimate of drug-likeness (QED) is 0.644. The lowest BCUT2D eigenvalue weighted by Gasteiger charge is -2.12. The molecule has 1 rings (SSSR count). The van der Waals surface area contributed by atoms with Crippen molar-refractivity contribution >= 4 is 0 Å². The summed E-state index contributed by atoms with van der Waals surface area (Å²) < 4.78 is 10.6. The average molecular weight is 209 g/mol. The van der Waals surface area contributed by atoms with Gasteiger partial charge in [0, 0.05) is 0 Å². The minimum Gasteiger partial charge on any atom is -0.376 e. The normalized spacial score (nSPS) is 12.7. The molecule has 3 heteroatoms. The van der Waals surface area contributed by atoms with Crippen molar-refractivity contribution in [1.29, 1.82) is 0 Å². The van der Waals surface area contributed by atoms with Gasteiger partial charge in [-0.15, -0.1) is 0 Å². The zero-order valence-electron chi connectivity index (χ0n) is 9.02. The lowest BCUT2D eigenvalue weighted by atomic mass is 10.2. The highest BCUT2D eigenvalue weighted by atomic mass is 16.5. The Morgan fingerprint density at radius 1 is 1.27 bits per heavy atom. The summed E-state index contributed by atoms with van der Waals surface area (Å²) in [5, 5.41) is 10.1. The van der Waals surface area contributed by atoms with Crippen LogP contribution in [0.5, 0.6) is 0 Å². The van der Waals surface area contributed by atoms with Crippen molar-refractivity contribution in [2.45, 2.75) is 19.6 Å². The van der Waals surface area contributed by atoms with Gasteiger partial charge in [-0.2, -0.15) is 0 Å². The third-order valence-corrected chi connectivity index (χ3v) is 1.96. The Morgan fingerprint density at radius 3 is 2.67 bits per heavy atom. The standard InChI is InChI=1S/C12H17O3/c1-11(9-14-8-7-13)15-10-12-5-3-2-4-6-12/h2-6,11H,7-10H2,1H3/t11-/m0/s1. The van der Waals surface area contributed by atoms with Gasteiger partial charge in [0.1, 0.15) is 6.61 Å². The zero-order chi connectivity index (χ0) is 10.9. The van der Waals surface area contributed by atoms with E-state index in [2.05, 4.69) is 0 Å². The van der Waals surface area contributed by atoms with Gasteiger partial charge in [0.05, 0.1) is 25.9 Å². The summed E-state index contributed by atoms with van der Waals surface area (Å²) in [5.41, 5.74) is 1.15. The van der Waals surface area contributed by atoms with Crippen LogP contribution in [0.2, 0.25) is 0 Å². The summed E-state index contributed by atoms with van der Waals surface area (Å²) in [6.07, 6.45) is 0.0248. The van der Waals surface area contributed by atoms with Gasteiger partial charge >= 0.3 is 0 Å². The van der Waals surface area contributed by atoms with E-state index in [1.165, 1.54) is 0 Å². The number of rotatable bonds is 7. The molecule has 1 aromatic carbocycles. The first-order chi connectivity index (χ1) is 7.33. The van der Waals surface area contributed by atoms with E-state index in [1.807, 2.05) is 37.3 Å². The average Bonchev–Trinajstić information content (AvgIpc) is 2.28. The first-order valence-electron chi connectivity index (χ1n) is 5.14. The molecule has 83 valence electrons. The monoisotopic (exact) mass is 209 g/mol. The molecule has 0 saturated carbocycles. The van der Waals surface area contributed by atoms with E-state index < -0.39 is 0 Å². The van der Waals surface area contributed by atoms with Crippen LogP contribution in [0, 0.1) is 0 Å². The zero-order valence-corrected chi connectivity index (χ0v) is 9.02. The van der Waals surface area contributed by atoms with Gasteiger partial charge in [-0.3, -0.25) is 0 Å². The van der Waals surface area contributed by atoms with E-state index in [9.17, 15) is 5.11 Å². The molecule has 0 aliphatic rings. The molecule has 1 atom stereocenters. The van der Waals surface area contributed by atoms with Crippen LogP contribution in [0.25, 0.3) is 0 Å². The maximum atomic E-state index is 10.1. The topological polar surface area (TPSA) is 38.4 Å². The summed E-state index contributed by atoms with van der Waals surface area (Å²) >= 11 is 0. The van der Waals surface area contributed by atoms with Crippen LogP contribution in [-0.4, -0.2) is 25.9 Å². The van der Waals surface area contributed by atoms with Crippen molar-refractivity contribution in [1.82, 2.24) is 0 Å². The van der Waals surface area contributed by atoms with Crippen LogP contribution >= 0.6 is 0 Å². The van der Waals surface area contributed by atoms with E-state index in [0.717, 1.165) is 5.56 Å². The highest BCUT2D eigenvalue weighted by Crippen LogP contribution is 2.03. The molecule has 0 amide bonds. The van der Waals surface area contributed by atoms with E-state index in [0.29, 0.717) is 13.2 Å². The molecule has 0 bridgehead atoms. The fraction of sp³-hybridized carbons (Fsp3) is 0.500. The predicted octanol–water partition coefficient (Wildman–Crippen LogP) is 2.04. The molecule has 0 unspecified atom stereocenters. The summed E-state index contributed by atoms with van der Waals surface area (Å²) in [5.74, 6) is 0. The van der Waals surface area contributed by atoms with Gasteiger partial charge in [0.25, 0.3) is 0 Å². The summed E-state index contributed by atoms with van der Waals surface area (Å²) in [4.78, 5) is 0. The van der Waals surface area contributed by atoms with Gasteiger partial charge in [0.15, 0.2) is 0 Å². The Bertz CT molecular complexity index is 248. The van der Waals surface area contributed by atoms with Crippen molar-refractivity contribution in [2.24, 2.45) is 0 Å². The largest absolute Gasteiger partial charge is 0.376 e. The minimum atomic E-state index is -0.189. The lowest BCUT2D eigenvalue weighted by molar-refractivity contribution is -0.0273. The van der Waals surface area contributed by atoms with E-state index in [4.69, 9.17) is 9.47 Å². The van der Waals surface area contributed by atoms with E-state index in [1.54, 1.807) is 0 Å². The van der Waals surface area contributed by atoms with Crippen molar-refractivity contribution in [3.05, 3.63) is 35.9 Å². The Balaban J connectivity index is 2.14. The van der Waals surface area contributed by atoms with Crippen LogP contribution in [0.3, 0.4) is 0 Å². The first-order valence-corrected chi connectivity index (χ1v) is 5.14. The third-order valence-electron chi connectivity index (χ3n) is 1.96. The molecule has 3 nitrogen and oxygen atoms in total. The van der Waals surface area contributed by atoms with Crippen LogP contribution < -0.4 is 0 Å². The molecule has 0 heterocycles. The first kappa shape index (κ1) is 12.2. The van der Waals surface area contributed by atoms with Gasteiger partial charge in [0.2, 0.25) is 0 Å². The second-order valence-electron chi connectivity index (χ2n) is 3.39. The molecule has 0 saturated heterocycles. The number of hydrogen-bond acceptors (Lipinski definition) is 2. The minimum absolute atomic E-state index is 0.0248. The molecule has 0 fully saturated rings. The second kappa shape index (κ2) is 7.40. The highest BCUT2D eigenvalue weighted by molar-refractivity contribution is 5.13. The van der Waals surface area contributed by atoms with Crippen LogP contribution in [0.15, 0.2) is 30.3 Å². The number of benzene rings is 1. The van der Waals surface area contributed by atoms with E-state index >= 15 is 0 Å². The summed E-state index contributed by atoms with van der Waals surface area (Å²) in [6, 6.07) is 9.98. The van der Waals surface area contributed by atoms with Crippen LogP contribution in [-0.2, 0) is 21.2 Å². The predicted molar refractivity (Wildman–Crippen MR) is 57.1 cm³/mol. The number of ether oxygens (including phenoxy) is 2. The van der Waals surface area contributed by atoms with Gasteiger partial charge < -0.3 is 9.47 Å². The van der Waals surface area contributed by atoms with Gasteiger partial charge in [-0.05, 0) is 12.5 Å². The SMILES string of the molecule is C[C@@H](COCC[O])OCc1ccccc1. The Kier molecular flexibility index (Phi) is 6.00. The lowest BCUT2D eigenvalue weighted by Crippen LogP contribution is -2.17. The molecule has 0 aliphatic heterocycles. The smallest absolute Gasteiger partial charge is 0.106 e. The van der Waals surface area contributed by atoms with Crippen LogP contribution in [0.1, 0.15) is 12.5 Å². The maximum Gasteiger partial charge on any atom is 0.106 e. The van der Waals surface area contributed by atoms with E-state index in [-0.39, 0.29) is 19.3 Å². The molecular weight excluding hydrogens is 192 g/mol.